The van der Waals surface area contributed by atoms with Crippen molar-refractivity contribution in [1.29, 1.82) is 0 Å². The van der Waals surface area contributed by atoms with Gasteiger partial charge in [0.05, 0.1) is 22.9 Å². The van der Waals surface area contributed by atoms with Gasteiger partial charge >= 0.3 is 0 Å². The summed E-state index contributed by atoms with van der Waals surface area (Å²) in [7, 11) is 0. The van der Waals surface area contributed by atoms with Gasteiger partial charge in [0.25, 0.3) is 5.91 Å². The van der Waals surface area contributed by atoms with Crippen LogP contribution in [-0.4, -0.2) is 87.4 Å². The first-order valence-electron chi connectivity index (χ1n) is 10.4. The van der Waals surface area contributed by atoms with Gasteiger partial charge in [0.1, 0.15) is 5.65 Å². The van der Waals surface area contributed by atoms with Crippen LogP contribution in [0.3, 0.4) is 0 Å². The molecule has 2 aliphatic heterocycles. The molecule has 2 aliphatic rings. The Hall–Kier alpha value is -2.16. The molecule has 0 spiro atoms. The van der Waals surface area contributed by atoms with Crippen molar-refractivity contribution in [2.75, 3.05) is 39.3 Å². The Labute approximate surface area is 181 Å². The predicted molar refractivity (Wildman–Crippen MR) is 114 cm³/mol. The van der Waals surface area contributed by atoms with Gasteiger partial charge < -0.3 is 18.9 Å². The number of halogens is 1. The largest absolute Gasteiger partial charge is 0.372 e. The minimum absolute atomic E-state index is 0.00714. The maximum atomic E-state index is 13.4. The third kappa shape index (κ3) is 4.31. The van der Waals surface area contributed by atoms with Gasteiger partial charge in [-0.3, -0.25) is 14.5 Å². The minimum atomic E-state index is -0.0748. The lowest BCUT2D eigenvalue weighted by molar-refractivity contribution is -0.130. The summed E-state index contributed by atoms with van der Waals surface area (Å²) in [5.41, 5.74) is 2.00. The molecule has 2 fully saturated rings. The van der Waals surface area contributed by atoms with Crippen LogP contribution in [-0.2, 0) is 16.1 Å². The molecular formula is C21H28ClN5O3. The minimum Gasteiger partial charge on any atom is -0.372 e. The van der Waals surface area contributed by atoms with Crippen LogP contribution >= 0.6 is 11.6 Å². The van der Waals surface area contributed by atoms with Crippen LogP contribution in [0.1, 0.15) is 37.0 Å². The van der Waals surface area contributed by atoms with Gasteiger partial charge in [0.15, 0.2) is 5.69 Å². The molecular weight excluding hydrogens is 406 g/mol. The molecule has 0 saturated carbocycles. The first kappa shape index (κ1) is 21.1. The normalized spacial score (nSPS) is 23.2. The van der Waals surface area contributed by atoms with Gasteiger partial charge in [-0.1, -0.05) is 11.6 Å². The van der Waals surface area contributed by atoms with Crippen LogP contribution in [0, 0.1) is 0 Å². The van der Waals surface area contributed by atoms with Gasteiger partial charge in [0.2, 0.25) is 5.91 Å². The molecule has 162 valence electrons. The molecule has 30 heavy (non-hydrogen) atoms. The lowest BCUT2D eigenvalue weighted by atomic mass is 10.2. The number of fused-ring (bicyclic) bond motifs is 1. The quantitative estimate of drug-likeness (QED) is 0.739. The Morgan fingerprint density at radius 1 is 1.10 bits per heavy atom. The molecule has 0 aromatic carbocycles. The molecule has 0 radical (unpaired) electrons. The summed E-state index contributed by atoms with van der Waals surface area (Å²) < 4.78 is 7.70. The fourth-order valence-electron chi connectivity index (χ4n) is 4.32. The summed E-state index contributed by atoms with van der Waals surface area (Å²) in [5, 5.41) is 0.593. The van der Waals surface area contributed by atoms with Crippen molar-refractivity contribution in [2.45, 2.75) is 39.5 Å². The Bertz CT molecular complexity index is 944. The average molecular weight is 434 g/mol. The summed E-state index contributed by atoms with van der Waals surface area (Å²) >= 11 is 6.24. The van der Waals surface area contributed by atoms with Crippen LogP contribution in [0.5, 0.6) is 0 Å². The van der Waals surface area contributed by atoms with E-state index in [4.69, 9.17) is 16.3 Å². The third-order valence-corrected chi connectivity index (χ3v) is 6.01. The molecule has 2 amide bonds. The number of pyridine rings is 1. The standard InChI is InChI=1S/C21H28ClN5O3/c1-14-10-26(11-15(2)30-14)21(29)20-18(27-12-17(22)4-5-19(27)23-20)13-24-6-8-25(9-7-24)16(3)28/h4-5,12,14-15H,6-11,13H2,1-3H3/t14-,15+. The highest BCUT2D eigenvalue weighted by Crippen LogP contribution is 2.22. The highest BCUT2D eigenvalue weighted by molar-refractivity contribution is 6.30. The van der Waals surface area contributed by atoms with Crippen molar-refractivity contribution in [2.24, 2.45) is 0 Å². The van der Waals surface area contributed by atoms with E-state index in [1.54, 1.807) is 13.0 Å². The van der Waals surface area contributed by atoms with Crippen molar-refractivity contribution in [3.63, 3.8) is 0 Å². The third-order valence-electron chi connectivity index (χ3n) is 5.78. The molecule has 2 saturated heterocycles. The number of aromatic nitrogens is 2. The summed E-state index contributed by atoms with van der Waals surface area (Å²) in [6.45, 7) is 10.1. The summed E-state index contributed by atoms with van der Waals surface area (Å²) in [6.07, 6.45) is 1.80. The molecule has 0 aliphatic carbocycles. The van der Waals surface area contributed by atoms with E-state index in [1.165, 1.54) is 0 Å². The second-order valence-electron chi connectivity index (χ2n) is 8.23. The molecule has 0 N–H and O–H groups in total. The van der Waals surface area contributed by atoms with E-state index >= 15 is 0 Å². The monoisotopic (exact) mass is 433 g/mol. The van der Waals surface area contributed by atoms with E-state index in [-0.39, 0.29) is 24.0 Å². The predicted octanol–water partition coefficient (Wildman–Crippen LogP) is 1.90. The van der Waals surface area contributed by atoms with E-state index in [0.29, 0.717) is 49.1 Å². The van der Waals surface area contributed by atoms with Gasteiger partial charge in [-0.2, -0.15) is 0 Å². The molecule has 0 bridgehead atoms. The first-order chi connectivity index (χ1) is 14.3. The lowest BCUT2D eigenvalue weighted by Crippen LogP contribution is -2.49. The number of morpholine rings is 1. The average Bonchev–Trinajstić information content (AvgIpc) is 3.04. The number of nitrogens with zero attached hydrogens (tertiary/aromatic N) is 5. The fraction of sp³-hybridized carbons (Fsp3) is 0.571. The van der Waals surface area contributed by atoms with E-state index in [9.17, 15) is 9.59 Å². The van der Waals surface area contributed by atoms with Crippen molar-refractivity contribution in [3.8, 4) is 0 Å². The van der Waals surface area contributed by atoms with Crippen molar-refractivity contribution < 1.29 is 14.3 Å². The number of imidazole rings is 1. The second-order valence-corrected chi connectivity index (χ2v) is 8.67. The van der Waals surface area contributed by atoms with Crippen LogP contribution in [0.25, 0.3) is 5.65 Å². The van der Waals surface area contributed by atoms with E-state index < -0.39 is 0 Å². The zero-order chi connectivity index (χ0) is 21.4. The number of carbonyl (C=O) groups is 2. The zero-order valence-corrected chi connectivity index (χ0v) is 18.4. The van der Waals surface area contributed by atoms with Gasteiger partial charge in [-0.15, -0.1) is 0 Å². The van der Waals surface area contributed by atoms with E-state index in [2.05, 4.69) is 9.88 Å². The second kappa shape index (κ2) is 8.53. The summed E-state index contributed by atoms with van der Waals surface area (Å²) in [4.78, 5) is 35.7. The molecule has 2 aromatic heterocycles. The lowest BCUT2D eigenvalue weighted by Gasteiger charge is -2.36. The Morgan fingerprint density at radius 2 is 1.77 bits per heavy atom. The highest BCUT2D eigenvalue weighted by Gasteiger charge is 2.31. The Kier molecular flexibility index (Phi) is 5.99. The molecule has 9 heteroatoms. The molecule has 4 heterocycles. The first-order valence-corrected chi connectivity index (χ1v) is 10.8. The highest BCUT2D eigenvalue weighted by atomic mass is 35.5. The molecule has 8 nitrogen and oxygen atoms in total. The maximum Gasteiger partial charge on any atom is 0.274 e. The summed E-state index contributed by atoms with van der Waals surface area (Å²) in [5.74, 6) is 0.0249. The van der Waals surface area contributed by atoms with Gasteiger partial charge in [-0.05, 0) is 26.0 Å². The van der Waals surface area contributed by atoms with E-state index in [1.807, 2.05) is 40.3 Å². The van der Waals surface area contributed by atoms with Crippen LogP contribution in [0.2, 0.25) is 5.02 Å². The zero-order valence-electron chi connectivity index (χ0n) is 17.7. The van der Waals surface area contributed by atoms with Crippen LogP contribution in [0.15, 0.2) is 18.3 Å². The van der Waals surface area contributed by atoms with Gasteiger partial charge in [0, 0.05) is 58.9 Å². The number of hydrogen-bond donors (Lipinski definition) is 0. The van der Waals surface area contributed by atoms with E-state index in [0.717, 1.165) is 18.8 Å². The van der Waals surface area contributed by atoms with Crippen molar-refractivity contribution in [3.05, 3.63) is 34.7 Å². The molecule has 4 rings (SSSR count). The Morgan fingerprint density at radius 3 is 2.40 bits per heavy atom. The van der Waals surface area contributed by atoms with Gasteiger partial charge in [-0.25, -0.2) is 4.98 Å². The fourth-order valence-corrected chi connectivity index (χ4v) is 4.48. The summed E-state index contributed by atoms with van der Waals surface area (Å²) in [6, 6.07) is 3.62. The number of rotatable bonds is 3. The van der Waals surface area contributed by atoms with Crippen molar-refractivity contribution >= 4 is 29.1 Å². The number of ether oxygens (including phenoxy) is 1. The topological polar surface area (TPSA) is 70.4 Å². The molecule has 2 aromatic rings. The SMILES string of the molecule is CC(=O)N1CCN(Cc2c(C(=O)N3C[C@@H](C)O[C@@H](C)C3)nc3ccc(Cl)cn23)CC1. The maximum absolute atomic E-state index is 13.4. The smallest absolute Gasteiger partial charge is 0.274 e. The van der Waals surface area contributed by atoms with Crippen LogP contribution < -0.4 is 0 Å². The molecule has 2 atom stereocenters. The number of amides is 2. The van der Waals surface area contributed by atoms with Crippen LogP contribution in [0.4, 0.5) is 0 Å². The Balaban J connectivity index is 1.63. The number of piperazine rings is 1. The number of carbonyl (C=O) groups excluding carboxylic acids is 2. The molecule has 0 unspecified atom stereocenters. The van der Waals surface area contributed by atoms with Crippen molar-refractivity contribution in [1.82, 2.24) is 24.1 Å². The number of hydrogen-bond acceptors (Lipinski definition) is 5.